The van der Waals surface area contributed by atoms with E-state index in [0.29, 0.717) is 0 Å². The van der Waals surface area contributed by atoms with Gasteiger partial charge in [-0.15, -0.1) is 11.3 Å². The van der Waals surface area contributed by atoms with Crippen molar-refractivity contribution in [2.45, 2.75) is 19.3 Å². The van der Waals surface area contributed by atoms with E-state index in [9.17, 15) is 0 Å². The van der Waals surface area contributed by atoms with Gasteiger partial charge < -0.3 is 13.9 Å². The maximum atomic E-state index is 6.65. The number of furan rings is 1. The summed E-state index contributed by atoms with van der Waals surface area (Å²) < 4.78 is 11.7. The van der Waals surface area contributed by atoms with Gasteiger partial charge in [0.1, 0.15) is 11.2 Å². The predicted molar refractivity (Wildman–Crippen MR) is 233 cm³/mol. The van der Waals surface area contributed by atoms with Crippen LogP contribution in [0, 0.1) is 0 Å². The molecule has 260 valence electrons. The van der Waals surface area contributed by atoms with Crippen molar-refractivity contribution in [3.05, 3.63) is 181 Å². The smallest absolute Gasteiger partial charge is 0.145 e. The fourth-order valence-electron chi connectivity index (χ4n) is 9.33. The molecule has 8 aromatic carbocycles. The van der Waals surface area contributed by atoms with Crippen LogP contribution in [0.1, 0.15) is 25.0 Å². The minimum atomic E-state index is -0.256. The third-order valence-electron chi connectivity index (χ3n) is 12.0. The highest BCUT2D eigenvalue weighted by atomic mass is 32.1. The number of anilines is 3. The SMILES string of the molecule is CC1(C)c2cc(-c3ccc(N(c4ccccc4)c4cccc5c4sc4ccccc45)cc3)ccc2-n2c3ccccc3c3c4oc5ccccc5c4cc1c32. The van der Waals surface area contributed by atoms with Gasteiger partial charge in [-0.3, -0.25) is 0 Å². The number of hydrogen-bond donors (Lipinski definition) is 0. The molecule has 12 rings (SSSR count). The molecule has 3 nitrogen and oxygen atoms in total. The van der Waals surface area contributed by atoms with Gasteiger partial charge in [0.15, 0.2) is 0 Å². The summed E-state index contributed by atoms with van der Waals surface area (Å²) in [4.78, 5) is 2.40. The van der Waals surface area contributed by atoms with Crippen molar-refractivity contribution in [3.8, 4) is 16.8 Å². The average Bonchev–Trinajstić information content (AvgIpc) is 3.91. The van der Waals surface area contributed by atoms with Gasteiger partial charge in [-0.25, -0.2) is 0 Å². The lowest BCUT2D eigenvalue weighted by atomic mass is 9.73. The van der Waals surface area contributed by atoms with Crippen LogP contribution in [0.15, 0.2) is 174 Å². The molecule has 4 heteroatoms. The van der Waals surface area contributed by atoms with Crippen molar-refractivity contribution in [1.29, 1.82) is 0 Å². The molecule has 0 fully saturated rings. The lowest BCUT2D eigenvalue weighted by Gasteiger charge is -2.35. The number of fused-ring (bicyclic) bond motifs is 12. The zero-order valence-corrected chi connectivity index (χ0v) is 31.2. The number of nitrogens with zero attached hydrogens (tertiary/aromatic N) is 2. The minimum Gasteiger partial charge on any atom is -0.455 e. The summed E-state index contributed by atoms with van der Waals surface area (Å²) in [5, 5.41) is 7.37. The van der Waals surface area contributed by atoms with Crippen LogP contribution in [0.2, 0.25) is 0 Å². The Bertz CT molecular complexity index is 3350. The molecule has 3 aromatic heterocycles. The quantitative estimate of drug-likeness (QED) is 0.180. The second-order valence-electron chi connectivity index (χ2n) is 15.3. The van der Waals surface area contributed by atoms with E-state index in [1.807, 2.05) is 11.3 Å². The van der Waals surface area contributed by atoms with Crippen molar-refractivity contribution in [2.75, 3.05) is 4.90 Å². The first kappa shape index (κ1) is 30.8. The van der Waals surface area contributed by atoms with Crippen molar-refractivity contribution in [2.24, 2.45) is 0 Å². The predicted octanol–water partition coefficient (Wildman–Crippen LogP) is 14.8. The molecule has 1 aliphatic heterocycles. The Morgan fingerprint density at radius 3 is 2.09 bits per heavy atom. The second kappa shape index (κ2) is 11.2. The van der Waals surface area contributed by atoms with Gasteiger partial charge in [0.25, 0.3) is 0 Å². The number of aromatic nitrogens is 1. The summed E-state index contributed by atoms with van der Waals surface area (Å²) in [5.74, 6) is 0. The zero-order chi connectivity index (χ0) is 36.4. The Labute approximate surface area is 321 Å². The van der Waals surface area contributed by atoms with E-state index in [1.54, 1.807) is 0 Å². The first-order valence-electron chi connectivity index (χ1n) is 18.9. The highest BCUT2D eigenvalue weighted by Crippen LogP contribution is 2.52. The molecule has 0 atom stereocenters. The van der Waals surface area contributed by atoms with E-state index < -0.39 is 0 Å². The minimum absolute atomic E-state index is 0.256. The van der Waals surface area contributed by atoms with E-state index in [4.69, 9.17) is 4.42 Å². The number of hydrogen-bond acceptors (Lipinski definition) is 3. The molecule has 0 bridgehead atoms. The maximum absolute atomic E-state index is 6.65. The molecule has 11 aromatic rings. The van der Waals surface area contributed by atoms with E-state index in [0.717, 1.165) is 27.9 Å². The van der Waals surface area contributed by atoms with E-state index in [-0.39, 0.29) is 5.41 Å². The lowest BCUT2D eigenvalue weighted by molar-refractivity contribution is 0.630. The molecule has 55 heavy (non-hydrogen) atoms. The number of thiophene rings is 1. The highest BCUT2D eigenvalue weighted by molar-refractivity contribution is 7.26. The molecule has 0 aliphatic carbocycles. The first-order valence-corrected chi connectivity index (χ1v) is 19.7. The van der Waals surface area contributed by atoms with Gasteiger partial charge in [-0.05, 0) is 89.0 Å². The van der Waals surface area contributed by atoms with Crippen LogP contribution in [-0.2, 0) is 5.41 Å². The Kier molecular flexibility index (Phi) is 6.27. The molecule has 0 spiro atoms. The maximum Gasteiger partial charge on any atom is 0.145 e. The van der Waals surface area contributed by atoms with Gasteiger partial charge in [-0.2, -0.15) is 0 Å². The fourth-order valence-corrected chi connectivity index (χ4v) is 10.5. The number of rotatable bonds is 4. The van der Waals surface area contributed by atoms with E-state index >= 15 is 0 Å². The topological polar surface area (TPSA) is 21.3 Å². The molecular formula is C51H34N2OS. The largest absolute Gasteiger partial charge is 0.455 e. The van der Waals surface area contributed by atoms with Crippen LogP contribution in [0.4, 0.5) is 17.1 Å². The average molecular weight is 723 g/mol. The number of benzene rings is 8. The summed E-state index contributed by atoms with van der Waals surface area (Å²) in [7, 11) is 0. The normalized spacial score (nSPS) is 13.4. The summed E-state index contributed by atoms with van der Waals surface area (Å²) in [6, 6.07) is 62.0. The first-order chi connectivity index (χ1) is 27.0. The van der Waals surface area contributed by atoms with Crippen LogP contribution in [0.3, 0.4) is 0 Å². The zero-order valence-electron chi connectivity index (χ0n) is 30.4. The summed E-state index contributed by atoms with van der Waals surface area (Å²) >= 11 is 1.87. The molecule has 0 saturated heterocycles. The van der Waals surface area contributed by atoms with Crippen LogP contribution in [-0.4, -0.2) is 4.57 Å². The van der Waals surface area contributed by atoms with Crippen LogP contribution >= 0.6 is 11.3 Å². The Hall–Kier alpha value is -6.62. The molecule has 0 N–H and O–H groups in total. The van der Waals surface area contributed by atoms with Crippen LogP contribution < -0.4 is 4.90 Å². The van der Waals surface area contributed by atoms with Gasteiger partial charge in [0.2, 0.25) is 0 Å². The molecule has 0 radical (unpaired) electrons. The third-order valence-corrected chi connectivity index (χ3v) is 13.2. The Morgan fingerprint density at radius 1 is 0.545 bits per heavy atom. The fraction of sp³-hybridized carbons (Fsp3) is 0.0588. The van der Waals surface area contributed by atoms with Crippen LogP contribution in [0.5, 0.6) is 0 Å². The molecule has 0 saturated carbocycles. The molecule has 1 aliphatic rings. The summed E-state index contributed by atoms with van der Waals surface area (Å²) in [6.07, 6.45) is 0. The monoisotopic (exact) mass is 722 g/mol. The Balaban J connectivity index is 1.02. The van der Waals surface area contributed by atoms with Gasteiger partial charge >= 0.3 is 0 Å². The molecule has 4 heterocycles. The van der Waals surface area contributed by atoms with Gasteiger partial charge in [0, 0.05) is 48.4 Å². The van der Waals surface area contributed by atoms with Gasteiger partial charge in [-0.1, -0.05) is 117 Å². The molecule has 0 unspecified atom stereocenters. The van der Waals surface area contributed by atoms with Crippen molar-refractivity contribution in [3.63, 3.8) is 0 Å². The van der Waals surface area contributed by atoms with Crippen molar-refractivity contribution >= 4 is 92.3 Å². The molecular weight excluding hydrogens is 689 g/mol. The van der Waals surface area contributed by atoms with Crippen LogP contribution in [0.25, 0.3) is 80.7 Å². The van der Waals surface area contributed by atoms with E-state index in [1.165, 1.54) is 81.0 Å². The standard InChI is InChI=1S/C51H34N2OS/c1-51(2)40-29-32(25-28-43(40)53-42-19-9-6-17-38(42)47-48(53)41(51)30-39-35-15-7-10-21-45(35)54-49(39)47)31-23-26-34(27-24-31)52(33-13-4-3-5-14-33)44-20-12-18-37-36-16-8-11-22-46(36)55-50(37)44/h3-30H,1-2H3. The summed E-state index contributed by atoms with van der Waals surface area (Å²) in [6.45, 7) is 4.77. The lowest BCUT2D eigenvalue weighted by Crippen LogP contribution is -2.26. The third kappa shape index (κ3) is 4.26. The second-order valence-corrected chi connectivity index (χ2v) is 16.4. The molecule has 0 amide bonds. The van der Waals surface area contributed by atoms with Crippen molar-refractivity contribution in [1.82, 2.24) is 4.57 Å². The number of para-hydroxylation sites is 3. The van der Waals surface area contributed by atoms with Crippen molar-refractivity contribution < 1.29 is 4.42 Å². The van der Waals surface area contributed by atoms with Gasteiger partial charge in [0.05, 0.1) is 32.5 Å². The Morgan fingerprint density at radius 2 is 1.24 bits per heavy atom. The highest BCUT2D eigenvalue weighted by Gasteiger charge is 2.37. The summed E-state index contributed by atoms with van der Waals surface area (Å²) in [5.41, 5.74) is 13.8. The van der Waals surface area contributed by atoms with E-state index in [2.05, 4.69) is 193 Å².